The molecule has 37 heavy (non-hydrogen) atoms. The molecule has 1 fully saturated rings. The van der Waals surface area contributed by atoms with Crippen molar-refractivity contribution in [3.63, 3.8) is 0 Å². The Morgan fingerprint density at radius 3 is 2.54 bits per heavy atom. The highest BCUT2D eigenvalue weighted by molar-refractivity contribution is 7.92. The second-order valence-corrected chi connectivity index (χ2v) is 12.6. The predicted octanol–water partition coefficient (Wildman–Crippen LogP) is 3.63. The van der Waals surface area contributed by atoms with Crippen molar-refractivity contribution in [2.45, 2.75) is 50.2 Å². The number of aliphatic hydroxyl groups excluding tert-OH is 1. The molecule has 2 aliphatic rings. The van der Waals surface area contributed by atoms with Gasteiger partial charge < -0.3 is 19.6 Å². The van der Waals surface area contributed by atoms with Crippen molar-refractivity contribution in [1.82, 2.24) is 9.80 Å². The maximum Gasteiger partial charge on any atom is 0.261 e. The summed E-state index contributed by atoms with van der Waals surface area (Å²) in [6.07, 6.45) is 2.38. The van der Waals surface area contributed by atoms with Crippen LogP contribution in [0.25, 0.3) is 0 Å². The Labute approximate surface area is 224 Å². The highest BCUT2D eigenvalue weighted by atomic mass is 35.5. The molecule has 0 spiro atoms. The number of carbonyl (C=O) groups is 1. The third-order valence-corrected chi connectivity index (χ3v) is 8.70. The number of hydrogen-bond acceptors (Lipinski definition) is 6. The molecule has 0 radical (unpaired) electrons. The van der Waals surface area contributed by atoms with Crippen LogP contribution in [-0.4, -0.2) is 74.7 Å². The van der Waals surface area contributed by atoms with Crippen molar-refractivity contribution in [3.05, 3.63) is 53.1 Å². The molecule has 0 saturated heterocycles. The van der Waals surface area contributed by atoms with Gasteiger partial charge in [0.05, 0.1) is 24.0 Å². The molecule has 1 saturated carbocycles. The number of carbonyl (C=O) groups excluding carboxylic acids is 1. The first-order chi connectivity index (χ1) is 17.6. The number of halogens is 1. The molecule has 0 bridgehead atoms. The lowest BCUT2D eigenvalue weighted by Crippen LogP contribution is -2.47. The van der Waals surface area contributed by atoms with Gasteiger partial charge >= 0.3 is 0 Å². The maximum absolute atomic E-state index is 13.4. The Morgan fingerprint density at radius 1 is 1.19 bits per heavy atom. The molecule has 8 nitrogen and oxygen atoms in total. The van der Waals surface area contributed by atoms with Crippen LogP contribution in [0.1, 0.15) is 32.3 Å². The number of sulfonamides is 1. The topological polar surface area (TPSA) is 99.2 Å². The van der Waals surface area contributed by atoms with E-state index in [1.807, 2.05) is 6.92 Å². The maximum atomic E-state index is 13.4. The minimum Gasteiger partial charge on any atom is -0.488 e. The number of rotatable bonds is 9. The van der Waals surface area contributed by atoms with Crippen molar-refractivity contribution >= 4 is 33.2 Å². The number of benzene rings is 2. The molecule has 202 valence electrons. The molecule has 4 rings (SSSR count). The van der Waals surface area contributed by atoms with Gasteiger partial charge in [-0.3, -0.25) is 9.52 Å². The molecule has 2 aromatic rings. The number of hydrogen-bond donors (Lipinski definition) is 2. The lowest BCUT2D eigenvalue weighted by molar-refractivity contribution is -0.134. The van der Waals surface area contributed by atoms with E-state index in [4.69, 9.17) is 16.3 Å². The van der Waals surface area contributed by atoms with Crippen molar-refractivity contribution in [2.75, 3.05) is 38.0 Å². The summed E-state index contributed by atoms with van der Waals surface area (Å²) < 4.78 is 35.0. The second kappa shape index (κ2) is 11.6. The van der Waals surface area contributed by atoms with Crippen LogP contribution < -0.4 is 9.46 Å². The summed E-state index contributed by atoms with van der Waals surface area (Å²) in [6, 6.07) is 10.6. The molecule has 2 aromatic carbocycles. The summed E-state index contributed by atoms with van der Waals surface area (Å²) in [5.41, 5.74) is 0.932. The summed E-state index contributed by atoms with van der Waals surface area (Å²) in [5, 5.41) is 10.3. The molecule has 3 atom stereocenters. The first-order valence-electron chi connectivity index (χ1n) is 12.7. The number of nitrogens with one attached hydrogen (secondary N) is 1. The van der Waals surface area contributed by atoms with Gasteiger partial charge in [-0.25, -0.2) is 8.42 Å². The Morgan fingerprint density at radius 2 is 1.89 bits per heavy atom. The zero-order chi connectivity index (χ0) is 26.7. The average molecular weight is 550 g/mol. The van der Waals surface area contributed by atoms with Crippen LogP contribution in [0, 0.1) is 11.8 Å². The van der Waals surface area contributed by atoms with Crippen LogP contribution in [0.2, 0.25) is 5.02 Å². The fraction of sp³-hybridized carbons (Fsp3) is 0.519. The quantitative estimate of drug-likeness (QED) is 0.495. The van der Waals surface area contributed by atoms with Gasteiger partial charge in [-0.1, -0.05) is 18.5 Å². The molecular weight excluding hydrogens is 514 g/mol. The number of nitrogens with zero attached hydrogens (tertiary/aromatic N) is 2. The summed E-state index contributed by atoms with van der Waals surface area (Å²) in [5.74, 6) is 1.20. The van der Waals surface area contributed by atoms with Crippen molar-refractivity contribution < 1.29 is 23.1 Å². The normalized spacial score (nSPS) is 21.5. The number of amides is 1. The van der Waals surface area contributed by atoms with E-state index in [2.05, 4.69) is 23.6 Å². The van der Waals surface area contributed by atoms with Crippen LogP contribution in [0.5, 0.6) is 5.75 Å². The number of aliphatic hydroxyl groups is 1. The number of likely N-dealkylation sites (N-methyl/N-ethyl adjacent to an activating group) is 1. The van der Waals surface area contributed by atoms with Crippen molar-refractivity contribution in [1.29, 1.82) is 0 Å². The van der Waals surface area contributed by atoms with Gasteiger partial charge in [0.25, 0.3) is 10.0 Å². The lowest BCUT2D eigenvalue weighted by atomic mass is 10.0. The molecule has 2 N–H and O–H groups in total. The van der Waals surface area contributed by atoms with Gasteiger partial charge in [-0.15, -0.1) is 0 Å². The number of anilines is 1. The summed E-state index contributed by atoms with van der Waals surface area (Å²) in [4.78, 5) is 17.4. The molecule has 0 aromatic heterocycles. The van der Waals surface area contributed by atoms with Gasteiger partial charge in [0, 0.05) is 41.8 Å². The van der Waals surface area contributed by atoms with Crippen molar-refractivity contribution in [2.24, 2.45) is 11.8 Å². The molecule has 10 heteroatoms. The van der Waals surface area contributed by atoms with E-state index in [9.17, 15) is 18.3 Å². The monoisotopic (exact) mass is 549 g/mol. The Kier molecular flexibility index (Phi) is 8.68. The SMILES string of the molecule is C[C@@H]1CN([C@H](C)CO)C(=O)Cc2cc(NS(=O)(=O)c3ccc(Cl)cc3)ccc2O[C@@H]1CN(C)CC1CC1. The standard InChI is InChI=1S/C27H36ClN3O5S/c1-18-14-31(19(2)17-32)27(33)13-21-12-23(29-37(34,35)24-9-6-22(28)7-10-24)8-11-25(21)36-26(18)16-30(3)15-20-4-5-20/h6-12,18-20,26,29,32H,4-5,13-17H2,1-3H3/t18-,19-,26-/m1/s1. The third kappa shape index (κ3) is 7.16. The Hall–Kier alpha value is -2.33. The highest BCUT2D eigenvalue weighted by Crippen LogP contribution is 2.32. The van der Waals surface area contributed by atoms with Gasteiger partial charge in [-0.05, 0) is 75.2 Å². The van der Waals surface area contributed by atoms with Crippen LogP contribution in [0.3, 0.4) is 0 Å². The van der Waals surface area contributed by atoms with Gasteiger partial charge in [0.15, 0.2) is 0 Å². The fourth-order valence-corrected chi connectivity index (χ4v) is 5.84. The summed E-state index contributed by atoms with van der Waals surface area (Å²) >= 11 is 5.90. The van der Waals surface area contributed by atoms with Crippen molar-refractivity contribution in [3.8, 4) is 5.75 Å². The molecule has 0 unspecified atom stereocenters. The molecule has 1 heterocycles. The van der Waals surface area contributed by atoms with Gasteiger partial charge in [0.2, 0.25) is 5.91 Å². The van der Waals surface area contributed by atoms with E-state index < -0.39 is 10.0 Å². The smallest absolute Gasteiger partial charge is 0.261 e. The summed E-state index contributed by atoms with van der Waals surface area (Å²) in [7, 11) is -1.75. The minimum absolute atomic E-state index is 0.0219. The molecule has 1 aliphatic carbocycles. The largest absolute Gasteiger partial charge is 0.488 e. The Bertz CT molecular complexity index is 1200. The third-order valence-electron chi connectivity index (χ3n) is 7.05. The van der Waals surface area contributed by atoms with Crippen LogP contribution in [-0.2, 0) is 21.2 Å². The minimum atomic E-state index is -3.85. The lowest BCUT2D eigenvalue weighted by Gasteiger charge is -2.34. The Balaban J connectivity index is 1.63. The average Bonchev–Trinajstić information content (AvgIpc) is 3.65. The molecule has 1 aliphatic heterocycles. The zero-order valence-electron chi connectivity index (χ0n) is 21.6. The van der Waals surface area contributed by atoms with E-state index in [1.165, 1.54) is 37.1 Å². The molecular formula is C27H36ClN3O5S. The van der Waals surface area contributed by atoms with Crippen LogP contribution in [0.15, 0.2) is 47.4 Å². The first kappa shape index (κ1) is 27.7. The van der Waals surface area contributed by atoms with E-state index in [0.29, 0.717) is 35.1 Å². The first-order valence-corrected chi connectivity index (χ1v) is 14.6. The van der Waals surface area contributed by atoms with Gasteiger partial charge in [0.1, 0.15) is 11.9 Å². The number of ether oxygens (including phenoxy) is 1. The van der Waals surface area contributed by atoms with E-state index >= 15 is 0 Å². The fourth-order valence-electron chi connectivity index (χ4n) is 4.66. The van der Waals surface area contributed by atoms with E-state index in [0.717, 1.165) is 12.5 Å². The van der Waals surface area contributed by atoms with E-state index in [-0.39, 0.29) is 41.9 Å². The molecule has 1 amide bonds. The number of fused-ring (bicyclic) bond motifs is 1. The van der Waals surface area contributed by atoms with E-state index in [1.54, 1.807) is 23.1 Å². The van der Waals surface area contributed by atoms with Crippen LogP contribution >= 0.6 is 11.6 Å². The second-order valence-electron chi connectivity index (χ2n) is 10.4. The highest BCUT2D eigenvalue weighted by Gasteiger charge is 2.32. The predicted molar refractivity (Wildman–Crippen MR) is 144 cm³/mol. The van der Waals surface area contributed by atoms with Crippen LogP contribution in [0.4, 0.5) is 5.69 Å². The van der Waals surface area contributed by atoms with Gasteiger partial charge in [-0.2, -0.15) is 0 Å². The zero-order valence-corrected chi connectivity index (χ0v) is 23.1. The summed E-state index contributed by atoms with van der Waals surface area (Å²) in [6.45, 7) is 5.94.